The summed E-state index contributed by atoms with van der Waals surface area (Å²) in [5.41, 5.74) is 2.36. The van der Waals surface area contributed by atoms with E-state index in [9.17, 15) is 5.11 Å². The minimum atomic E-state index is -0.200. The summed E-state index contributed by atoms with van der Waals surface area (Å²) < 4.78 is 5.26. The Morgan fingerprint density at radius 2 is 2.11 bits per heavy atom. The summed E-state index contributed by atoms with van der Waals surface area (Å²) >= 11 is 0. The van der Waals surface area contributed by atoms with Crippen molar-refractivity contribution in [1.29, 1.82) is 0 Å². The molecule has 0 unspecified atom stereocenters. The first-order valence-corrected chi connectivity index (χ1v) is 6.65. The van der Waals surface area contributed by atoms with Gasteiger partial charge in [0.2, 0.25) is 0 Å². The quantitative estimate of drug-likeness (QED) is 0.904. The fourth-order valence-electron chi connectivity index (χ4n) is 2.87. The lowest BCUT2D eigenvalue weighted by Crippen LogP contribution is -2.29. The number of methoxy groups -OCH3 is 1. The molecular weight excluding hydrogens is 236 g/mol. The molecule has 0 aliphatic heterocycles. The third-order valence-electron chi connectivity index (χ3n) is 4.14. The predicted molar refractivity (Wildman–Crippen MR) is 78.6 cm³/mol. The van der Waals surface area contributed by atoms with Crippen LogP contribution in [0, 0.1) is 0 Å². The first kappa shape index (κ1) is 12.2. The molecule has 1 fully saturated rings. The first-order chi connectivity index (χ1) is 9.24. The maximum Gasteiger partial charge on any atom is 0.119 e. The number of ether oxygens (including phenoxy) is 1. The first-order valence-electron chi connectivity index (χ1n) is 6.65. The van der Waals surface area contributed by atoms with Crippen LogP contribution < -0.4 is 4.74 Å². The Morgan fingerprint density at radius 3 is 2.68 bits per heavy atom. The Morgan fingerprint density at radius 1 is 1.26 bits per heavy atom. The molecule has 2 heteroatoms. The van der Waals surface area contributed by atoms with Gasteiger partial charge in [-0.1, -0.05) is 30.9 Å². The van der Waals surface area contributed by atoms with Gasteiger partial charge in [0.25, 0.3) is 0 Å². The molecule has 0 spiro atoms. The molecule has 2 nitrogen and oxygen atoms in total. The van der Waals surface area contributed by atoms with Crippen LogP contribution in [0.2, 0.25) is 0 Å². The SMILES string of the molecule is C=Cc1c([C@@H]2CC[C@@H]2O)ccc2cc(OC)ccc12. The van der Waals surface area contributed by atoms with E-state index >= 15 is 0 Å². The number of rotatable bonds is 3. The van der Waals surface area contributed by atoms with Crippen molar-refractivity contribution in [2.24, 2.45) is 0 Å². The van der Waals surface area contributed by atoms with Crippen molar-refractivity contribution in [2.45, 2.75) is 24.9 Å². The number of aliphatic hydroxyl groups is 1. The van der Waals surface area contributed by atoms with Gasteiger partial charge in [-0.15, -0.1) is 0 Å². The van der Waals surface area contributed by atoms with Crippen LogP contribution in [0.25, 0.3) is 16.8 Å². The highest BCUT2D eigenvalue weighted by atomic mass is 16.5. The number of hydrogen-bond acceptors (Lipinski definition) is 2. The van der Waals surface area contributed by atoms with Crippen LogP contribution in [0.15, 0.2) is 36.9 Å². The fraction of sp³-hybridized carbons (Fsp3) is 0.294. The topological polar surface area (TPSA) is 29.5 Å². The van der Waals surface area contributed by atoms with Gasteiger partial charge in [0, 0.05) is 5.92 Å². The number of benzene rings is 2. The highest BCUT2D eigenvalue weighted by molar-refractivity contribution is 5.93. The molecule has 1 saturated carbocycles. The molecule has 19 heavy (non-hydrogen) atoms. The molecular formula is C17H18O2. The van der Waals surface area contributed by atoms with E-state index in [1.54, 1.807) is 7.11 Å². The lowest BCUT2D eigenvalue weighted by Gasteiger charge is -2.34. The molecule has 0 amide bonds. The van der Waals surface area contributed by atoms with E-state index in [0.717, 1.165) is 29.5 Å². The fourth-order valence-corrected chi connectivity index (χ4v) is 2.87. The van der Waals surface area contributed by atoms with Crippen LogP contribution in [0.5, 0.6) is 5.75 Å². The summed E-state index contributed by atoms with van der Waals surface area (Å²) in [7, 11) is 1.68. The summed E-state index contributed by atoms with van der Waals surface area (Å²) in [4.78, 5) is 0. The van der Waals surface area contributed by atoms with E-state index < -0.39 is 0 Å². The van der Waals surface area contributed by atoms with E-state index in [2.05, 4.69) is 24.8 Å². The zero-order chi connectivity index (χ0) is 13.4. The zero-order valence-corrected chi connectivity index (χ0v) is 11.1. The molecule has 3 rings (SSSR count). The molecule has 0 radical (unpaired) electrons. The lowest BCUT2D eigenvalue weighted by atomic mass is 9.75. The van der Waals surface area contributed by atoms with Gasteiger partial charge in [-0.25, -0.2) is 0 Å². The van der Waals surface area contributed by atoms with Crippen molar-refractivity contribution < 1.29 is 9.84 Å². The van der Waals surface area contributed by atoms with Crippen molar-refractivity contribution in [3.05, 3.63) is 48.0 Å². The molecule has 2 aromatic rings. The van der Waals surface area contributed by atoms with E-state index in [-0.39, 0.29) is 12.0 Å². The van der Waals surface area contributed by atoms with E-state index in [4.69, 9.17) is 4.74 Å². The largest absolute Gasteiger partial charge is 0.497 e. The number of hydrogen-bond donors (Lipinski definition) is 1. The highest BCUT2D eigenvalue weighted by Crippen LogP contribution is 2.41. The van der Waals surface area contributed by atoms with E-state index in [1.807, 2.05) is 18.2 Å². The normalized spacial score (nSPS) is 22.0. The summed E-state index contributed by atoms with van der Waals surface area (Å²) in [6, 6.07) is 10.3. The van der Waals surface area contributed by atoms with Crippen LogP contribution >= 0.6 is 0 Å². The van der Waals surface area contributed by atoms with Crippen LogP contribution in [-0.2, 0) is 0 Å². The molecule has 1 aliphatic rings. The van der Waals surface area contributed by atoms with Crippen molar-refractivity contribution >= 4 is 16.8 Å². The monoisotopic (exact) mass is 254 g/mol. The standard InChI is InChI=1S/C17H18O2/c1-3-13-14-7-5-12(19-2)10-11(14)4-6-15(13)16-8-9-17(16)18/h3-7,10,16-18H,1,8-9H2,2H3/t16-,17-/m0/s1. The summed E-state index contributed by atoms with van der Waals surface area (Å²) in [6.45, 7) is 3.94. The summed E-state index contributed by atoms with van der Waals surface area (Å²) in [5.74, 6) is 1.12. The van der Waals surface area contributed by atoms with Gasteiger partial charge in [0.05, 0.1) is 13.2 Å². The third kappa shape index (κ3) is 1.92. The summed E-state index contributed by atoms with van der Waals surface area (Å²) in [6.07, 6.45) is 3.66. The van der Waals surface area contributed by atoms with Gasteiger partial charge < -0.3 is 9.84 Å². The van der Waals surface area contributed by atoms with E-state index in [1.165, 1.54) is 10.9 Å². The average Bonchev–Trinajstić information content (AvgIpc) is 2.44. The molecule has 0 heterocycles. The number of aliphatic hydroxyl groups excluding tert-OH is 1. The lowest BCUT2D eigenvalue weighted by molar-refractivity contribution is 0.0661. The van der Waals surface area contributed by atoms with Crippen molar-refractivity contribution in [1.82, 2.24) is 0 Å². The van der Waals surface area contributed by atoms with Crippen LogP contribution in [0.4, 0.5) is 0 Å². The van der Waals surface area contributed by atoms with Gasteiger partial charge >= 0.3 is 0 Å². The van der Waals surface area contributed by atoms with Gasteiger partial charge in [-0.3, -0.25) is 0 Å². The van der Waals surface area contributed by atoms with Crippen LogP contribution in [0.1, 0.15) is 29.9 Å². The molecule has 1 aliphatic carbocycles. The van der Waals surface area contributed by atoms with Crippen LogP contribution in [0.3, 0.4) is 0 Å². The Labute approximate surface area is 113 Å². The Kier molecular flexibility index (Phi) is 3.03. The Bertz CT molecular complexity index is 630. The van der Waals surface area contributed by atoms with Gasteiger partial charge in [0.15, 0.2) is 0 Å². The average molecular weight is 254 g/mol. The van der Waals surface area contributed by atoms with Crippen LogP contribution in [-0.4, -0.2) is 18.3 Å². The van der Waals surface area contributed by atoms with Gasteiger partial charge in [-0.05, 0) is 46.9 Å². The minimum Gasteiger partial charge on any atom is -0.497 e. The molecule has 0 saturated heterocycles. The van der Waals surface area contributed by atoms with Crippen molar-refractivity contribution in [3.8, 4) is 5.75 Å². The van der Waals surface area contributed by atoms with E-state index in [0.29, 0.717) is 0 Å². The van der Waals surface area contributed by atoms with Crippen molar-refractivity contribution in [3.63, 3.8) is 0 Å². The molecule has 2 atom stereocenters. The maximum atomic E-state index is 9.88. The van der Waals surface area contributed by atoms with Gasteiger partial charge in [-0.2, -0.15) is 0 Å². The zero-order valence-electron chi connectivity index (χ0n) is 11.1. The molecule has 98 valence electrons. The number of fused-ring (bicyclic) bond motifs is 1. The second-order valence-electron chi connectivity index (χ2n) is 5.11. The smallest absolute Gasteiger partial charge is 0.119 e. The highest BCUT2D eigenvalue weighted by Gasteiger charge is 2.31. The minimum absolute atomic E-state index is 0.200. The summed E-state index contributed by atoms with van der Waals surface area (Å²) in [5, 5.41) is 12.2. The molecule has 0 aromatic heterocycles. The molecule has 2 aromatic carbocycles. The molecule has 0 bridgehead atoms. The second-order valence-corrected chi connectivity index (χ2v) is 5.11. The Hall–Kier alpha value is -1.80. The second kappa shape index (κ2) is 4.71. The predicted octanol–water partition coefficient (Wildman–Crippen LogP) is 3.73. The third-order valence-corrected chi connectivity index (χ3v) is 4.14. The Balaban J connectivity index is 2.17. The van der Waals surface area contributed by atoms with Gasteiger partial charge in [0.1, 0.15) is 5.75 Å². The van der Waals surface area contributed by atoms with Crippen molar-refractivity contribution in [2.75, 3.05) is 7.11 Å². The molecule has 1 N–H and O–H groups in total. The maximum absolute atomic E-state index is 9.88.